The van der Waals surface area contributed by atoms with Gasteiger partial charge in [0.05, 0.1) is 0 Å². The Labute approximate surface area is 132 Å². The topological polar surface area (TPSA) is 71.1 Å². The van der Waals surface area contributed by atoms with Crippen LogP contribution in [-0.2, 0) is 0 Å². The van der Waals surface area contributed by atoms with E-state index in [2.05, 4.69) is 15.6 Å². The van der Waals surface area contributed by atoms with Crippen molar-refractivity contribution in [2.75, 3.05) is 5.32 Å². The molecule has 1 fully saturated rings. The molecule has 1 aliphatic rings. The van der Waals surface area contributed by atoms with E-state index in [1.165, 1.54) is 0 Å². The number of nitrogens with zero attached hydrogens (tertiary/aromatic N) is 1. The maximum Gasteiger partial charge on any atom is 0.274 e. The summed E-state index contributed by atoms with van der Waals surface area (Å²) in [5.74, 6) is -0.636. The Morgan fingerprint density at radius 2 is 1.73 bits per heavy atom. The molecule has 0 unspecified atom stereocenters. The summed E-state index contributed by atoms with van der Waals surface area (Å²) in [6, 6.07) is 11.9. The summed E-state index contributed by atoms with van der Waals surface area (Å²) in [6.45, 7) is 0. The van der Waals surface area contributed by atoms with Gasteiger partial charge in [0.1, 0.15) is 11.4 Å². The molecule has 0 bridgehead atoms. The van der Waals surface area contributed by atoms with Crippen LogP contribution in [0.4, 0.5) is 5.69 Å². The van der Waals surface area contributed by atoms with Gasteiger partial charge in [0.15, 0.2) is 0 Å². The van der Waals surface area contributed by atoms with Gasteiger partial charge in [-0.3, -0.25) is 9.59 Å². The van der Waals surface area contributed by atoms with Crippen molar-refractivity contribution < 1.29 is 9.59 Å². The smallest absolute Gasteiger partial charge is 0.274 e. The standard InChI is InChI=1S/C16H14ClN3O2/c17-10-3-1-4-12(9-10)19-16(22)14-6-2-5-13(20-14)15(21)18-11-7-8-11/h1-6,9,11H,7-8H2,(H,18,21)(H,19,22). The predicted molar refractivity (Wildman–Crippen MR) is 84.1 cm³/mol. The van der Waals surface area contributed by atoms with Crippen molar-refractivity contribution >= 4 is 29.1 Å². The van der Waals surface area contributed by atoms with E-state index in [0.29, 0.717) is 10.7 Å². The number of amides is 2. The van der Waals surface area contributed by atoms with Crippen molar-refractivity contribution in [2.45, 2.75) is 18.9 Å². The molecule has 0 atom stereocenters. The Morgan fingerprint density at radius 3 is 2.41 bits per heavy atom. The lowest BCUT2D eigenvalue weighted by Crippen LogP contribution is -2.27. The van der Waals surface area contributed by atoms with Crippen LogP contribution in [0, 0.1) is 0 Å². The number of rotatable bonds is 4. The molecule has 6 heteroatoms. The zero-order valence-electron chi connectivity index (χ0n) is 11.7. The lowest BCUT2D eigenvalue weighted by atomic mass is 10.2. The van der Waals surface area contributed by atoms with Crippen LogP contribution in [0.1, 0.15) is 33.8 Å². The zero-order chi connectivity index (χ0) is 15.5. The maximum atomic E-state index is 12.2. The van der Waals surface area contributed by atoms with Crippen LogP contribution < -0.4 is 10.6 Å². The van der Waals surface area contributed by atoms with Gasteiger partial charge in [-0.15, -0.1) is 0 Å². The maximum absolute atomic E-state index is 12.2. The van der Waals surface area contributed by atoms with Crippen molar-refractivity contribution in [3.63, 3.8) is 0 Å². The van der Waals surface area contributed by atoms with Crippen molar-refractivity contribution in [1.82, 2.24) is 10.3 Å². The molecule has 1 aromatic carbocycles. The van der Waals surface area contributed by atoms with Gasteiger partial charge in [0, 0.05) is 16.8 Å². The van der Waals surface area contributed by atoms with E-state index in [-0.39, 0.29) is 29.2 Å². The number of pyridine rings is 1. The fourth-order valence-electron chi connectivity index (χ4n) is 1.94. The number of benzene rings is 1. The minimum Gasteiger partial charge on any atom is -0.348 e. The molecule has 2 N–H and O–H groups in total. The molecule has 2 amide bonds. The first-order chi connectivity index (χ1) is 10.6. The van der Waals surface area contributed by atoms with Gasteiger partial charge < -0.3 is 10.6 Å². The molecule has 3 rings (SSSR count). The molecule has 112 valence electrons. The number of hydrogen-bond acceptors (Lipinski definition) is 3. The summed E-state index contributed by atoms with van der Waals surface area (Å²) in [5.41, 5.74) is 1.00. The quantitative estimate of drug-likeness (QED) is 0.911. The minimum absolute atomic E-state index is 0.184. The average molecular weight is 316 g/mol. The normalized spacial score (nSPS) is 13.5. The first kappa shape index (κ1) is 14.5. The number of nitrogens with one attached hydrogen (secondary N) is 2. The molecule has 5 nitrogen and oxygen atoms in total. The molecule has 1 saturated carbocycles. The second-order valence-electron chi connectivity index (χ2n) is 5.12. The van der Waals surface area contributed by atoms with Crippen molar-refractivity contribution in [1.29, 1.82) is 0 Å². The Balaban J connectivity index is 1.73. The molecule has 0 saturated heterocycles. The first-order valence-electron chi connectivity index (χ1n) is 6.96. The van der Waals surface area contributed by atoms with Crippen LogP contribution in [0.25, 0.3) is 0 Å². The number of hydrogen-bond donors (Lipinski definition) is 2. The monoisotopic (exact) mass is 315 g/mol. The highest BCUT2D eigenvalue weighted by Gasteiger charge is 2.24. The summed E-state index contributed by atoms with van der Waals surface area (Å²) in [6.07, 6.45) is 2.00. The SMILES string of the molecule is O=C(Nc1cccc(Cl)c1)c1cccc(C(=O)NC2CC2)n1. The van der Waals surface area contributed by atoms with E-state index in [1.807, 2.05) is 0 Å². The van der Waals surface area contributed by atoms with Crippen LogP contribution in [0.2, 0.25) is 5.02 Å². The van der Waals surface area contributed by atoms with Crippen LogP contribution in [0.3, 0.4) is 0 Å². The second kappa shape index (κ2) is 6.15. The van der Waals surface area contributed by atoms with E-state index in [0.717, 1.165) is 12.8 Å². The van der Waals surface area contributed by atoms with E-state index >= 15 is 0 Å². The minimum atomic E-state index is -0.386. The van der Waals surface area contributed by atoms with Gasteiger partial charge >= 0.3 is 0 Å². The molecule has 1 heterocycles. The van der Waals surface area contributed by atoms with E-state index < -0.39 is 0 Å². The Hall–Kier alpha value is -2.40. The lowest BCUT2D eigenvalue weighted by molar-refractivity contribution is 0.0946. The number of anilines is 1. The van der Waals surface area contributed by atoms with Gasteiger partial charge in [-0.05, 0) is 43.2 Å². The van der Waals surface area contributed by atoms with E-state index in [9.17, 15) is 9.59 Å². The molecular weight excluding hydrogens is 302 g/mol. The molecule has 2 aromatic rings. The van der Waals surface area contributed by atoms with Crippen LogP contribution in [-0.4, -0.2) is 22.8 Å². The van der Waals surface area contributed by atoms with Gasteiger partial charge in [-0.1, -0.05) is 23.7 Å². The summed E-state index contributed by atoms with van der Waals surface area (Å²) in [5, 5.41) is 6.07. The number of halogens is 1. The first-order valence-corrected chi connectivity index (χ1v) is 7.34. The summed E-state index contributed by atoms with van der Waals surface area (Å²) >= 11 is 5.88. The van der Waals surface area contributed by atoms with Crippen LogP contribution in [0.5, 0.6) is 0 Å². The third-order valence-electron chi connectivity index (χ3n) is 3.21. The fraction of sp³-hybridized carbons (Fsp3) is 0.188. The number of carbonyl (C=O) groups excluding carboxylic acids is 2. The molecule has 22 heavy (non-hydrogen) atoms. The highest BCUT2D eigenvalue weighted by atomic mass is 35.5. The van der Waals surface area contributed by atoms with Crippen molar-refractivity contribution in [3.05, 3.63) is 58.9 Å². The van der Waals surface area contributed by atoms with Crippen molar-refractivity contribution in [2.24, 2.45) is 0 Å². The molecule has 1 aromatic heterocycles. The third-order valence-corrected chi connectivity index (χ3v) is 3.44. The Morgan fingerprint density at radius 1 is 1.05 bits per heavy atom. The molecular formula is C16H14ClN3O2. The molecule has 0 aliphatic heterocycles. The van der Waals surface area contributed by atoms with Gasteiger partial charge in [0.2, 0.25) is 0 Å². The van der Waals surface area contributed by atoms with Crippen molar-refractivity contribution in [3.8, 4) is 0 Å². The number of aromatic nitrogens is 1. The van der Waals surface area contributed by atoms with Crippen LogP contribution >= 0.6 is 11.6 Å². The average Bonchev–Trinajstić information content (AvgIpc) is 3.31. The third kappa shape index (κ3) is 3.62. The Kier molecular flexibility index (Phi) is 4.06. The molecule has 1 aliphatic carbocycles. The predicted octanol–water partition coefficient (Wildman–Crippen LogP) is 2.88. The summed E-state index contributed by atoms with van der Waals surface area (Å²) in [4.78, 5) is 28.3. The van der Waals surface area contributed by atoms with E-state index in [4.69, 9.17) is 11.6 Å². The highest BCUT2D eigenvalue weighted by molar-refractivity contribution is 6.30. The summed E-state index contributed by atoms with van der Waals surface area (Å²) in [7, 11) is 0. The lowest BCUT2D eigenvalue weighted by Gasteiger charge is -2.07. The zero-order valence-corrected chi connectivity index (χ0v) is 12.4. The van der Waals surface area contributed by atoms with Gasteiger partial charge in [-0.2, -0.15) is 0 Å². The molecule has 0 spiro atoms. The molecule has 0 radical (unpaired) electrons. The van der Waals surface area contributed by atoms with Crippen LogP contribution in [0.15, 0.2) is 42.5 Å². The Bertz CT molecular complexity index is 729. The number of carbonyl (C=O) groups is 2. The van der Waals surface area contributed by atoms with E-state index in [1.54, 1.807) is 42.5 Å². The largest absolute Gasteiger partial charge is 0.348 e. The second-order valence-corrected chi connectivity index (χ2v) is 5.56. The highest BCUT2D eigenvalue weighted by Crippen LogP contribution is 2.19. The van der Waals surface area contributed by atoms with Gasteiger partial charge in [-0.25, -0.2) is 4.98 Å². The van der Waals surface area contributed by atoms with Gasteiger partial charge in [0.25, 0.3) is 11.8 Å². The fourth-order valence-corrected chi connectivity index (χ4v) is 2.13. The summed E-state index contributed by atoms with van der Waals surface area (Å²) < 4.78 is 0.